The molecule has 0 unspecified atom stereocenters. The lowest BCUT2D eigenvalue weighted by atomic mass is 10.2. The Hall–Kier alpha value is -3.20. The first-order valence-corrected chi connectivity index (χ1v) is 7.55. The SMILES string of the molecule is COCc1c(Cn2ccnc2-c2ncccc2F)ncn2cnnc12. The quantitative estimate of drug-likeness (QED) is 0.550. The molecule has 0 bridgehead atoms. The molecule has 25 heavy (non-hydrogen) atoms. The summed E-state index contributed by atoms with van der Waals surface area (Å²) < 4.78 is 22.9. The molecule has 0 radical (unpaired) electrons. The first-order valence-electron chi connectivity index (χ1n) is 7.55. The van der Waals surface area contributed by atoms with E-state index < -0.39 is 5.82 Å². The summed E-state index contributed by atoms with van der Waals surface area (Å²) in [6, 6.07) is 2.90. The van der Waals surface area contributed by atoms with Gasteiger partial charge >= 0.3 is 0 Å². The minimum atomic E-state index is -0.423. The Kier molecular flexibility index (Phi) is 3.90. The van der Waals surface area contributed by atoms with Gasteiger partial charge in [0, 0.05) is 31.3 Å². The van der Waals surface area contributed by atoms with Crippen LogP contribution in [0.3, 0.4) is 0 Å². The van der Waals surface area contributed by atoms with E-state index in [0.29, 0.717) is 24.6 Å². The fraction of sp³-hybridized carbons (Fsp3) is 0.188. The third kappa shape index (κ3) is 2.74. The average molecular weight is 339 g/mol. The van der Waals surface area contributed by atoms with Crippen LogP contribution < -0.4 is 0 Å². The summed E-state index contributed by atoms with van der Waals surface area (Å²) in [6.07, 6.45) is 8.12. The Labute approximate surface area is 142 Å². The molecule has 0 saturated carbocycles. The minimum absolute atomic E-state index is 0.198. The van der Waals surface area contributed by atoms with Gasteiger partial charge in [0.05, 0.1) is 18.8 Å². The van der Waals surface area contributed by atoms with Crippen molar-refractivity contribution in [3.8, 4) is 11.5 Å². The molecule has 8 nitrogen and oxygen atoms in total. The lowest BCUT2D eigenvalue weighted by Gasteiger charge is -2.12. The van der Waals surface area contributed by atoms with Crippen molar-refractivity contribution in [3.63, 3.8) is 0 Å². The van der Waals surface area contributed by atoms with Crippen molar-refractivity contribution in [3.05, 3.63) is 60.5 Å². The number of ether oxygens (including phenoxy) is 1. The van der Waals surface area contributed by atoms with Gasteiger partial charge in [-0.1, -0.05) is 0 Å². The highest BCUT2D eigenvalue weighted by molar-refractivity contribution is 5.52. The summed E-state index contributed by atoms with van der Waals surface area (Å²) in [4.78, 5) is 12.8. The Morgan fingerprint density at radius 3 is 2.92 bits per heavy atom. The maximum atomic E-state index is 14.1. The summed E-state index contributed by atoms with van der Waals surface area (Å²) in [5.41, 5.74) is 2.45. The predicted octanol–water partition coefficient (Wildman–Crippen LogP) is 1.72. The Bertz CT molecular complexity index is 1030. The van der Waals surface area contributed by atoms with Crippen LogP contribution in [0.4, 0.5) is 4.39 Å². The maximum Gasteiger partial charge on any atom is 0.169 e. The summed E-state index contributed by atoms with van der Waals surface area (Å²) in [6.45, 7) is 0.723. The van der Waals surface area contributed by atoms with Crippen molar-refractivity contribution in [1.82, 2.24) is 34.1 Å². The van der Waals surface area contributed by atoms with E-state index in [0.717, 1.165) is 11.3 Å². The molecule has 0 fully saturated rings. The molecule has 0 aliphatic carbocycles. The van der Waals surface area contributed by atoms with Crippen LogP contribution in [0, 0.1) is 5.82 Å². The summed E-state index contributed by atoms with van der Waals surface area (Å²) in [5.74, 6) is 0.0116. The van der Waals surface area contributed by atoms with Crippen molar-refractivity contribution < 1.29 is 9.13 Å². The maximum absolute atomic E-state index is 14.1. The number of imidazole rings is 1. The van der Waals surface area contributed by atoms with Gasteiger partial charge in [-0.05, 0) is 12.1 Å². The van der Waals surface area contributed by atoms with Gasteiger partial charge in [0.2, 0.25) is 0 Å². The number of rotatable bonds is 5. The van der Waals surface area contributed by atoms with Crippen molar-refractivity contribution in [2.24, 2.45) is 0 Å². The second-order valence-electron chi connectivity index (χ2n) is 5.38. The lowest BCUT2D eigenvalue weighted by molar-refractivity contribution is 0.184. The largest absolute Gasteiger partial charge is 0.380 e. The number of pyridine rings is 1. The van der Waals surface area contributed by atoms with Crippen LogP contribution in [0.2, 0.25) is 0 Å². The predicted molar refractivity (Wildman–Crippen MR) is 86.0 cm³/mol. The fourth-order valence-electron chi connectivity index (χ4n) is 2.68. The number of fused-ring (bicyclic) bond motifs is 1. The number of hydrogen-bond donors (Lipinski definition) is 0. The molecule has 0 N–H and O–H groups in total. The third-order valence-electron chi connectivity index (χ3n) is 3.82. The second kappa shape index (κ2) is 6.36. The van der Waals surface area contributed by atoms with E-state index >= 15 is 0 Å². The first-order chi connectivity index (χ1) is 12.3. The van der Waals surface area contributed by atoms with E-state index in [1.54, 1.807) is 47.2 Å². The van der Waals surface area contributed by atoms with Gasteiger partial charge in [0.1, 0.15) is 18.3 Å². The minimum Gasteiger partial charge on any atom is -0.380 e. The van der Waals surface area contributed by atoms with Crippen molar-refractivity contribution in [2.75, 3.05) is 7.11 Å². The molecule has 4 heterocycles. The number of aromatic nitrogens is 7. The molecule has 0 aromatic carbocycles. The molecule has 4 aromatic rings. The first kappa shape index (κ1) is 15.3. The van der Waals surface area contributed by atoms with Crippen LogP contribution >= 0.6 is 0 Å². The Morgan fingerprint density at radius 1 is 1.16 bits per heavy atom. The van der Waals surface area contributed by atoms with Crippen molar-refractivity contribution in [2.45, 2.75) is 13.2 Å². The van der Waals surface area contributed by atoms with E-state index in [9.17, 15) is 4.39 Å². The Morgan fingerprint density at radius 2 is 2.08 bits per heavy atom. The summed E-state index contributed by atoms with van der Waals surface area (Å²) >= 11 is 0. The smallest absolute Gasteiger partial charge is 0.169 e. The summed E-state index contributed by atoms with van der Waals surface area (Å²) in [7, 11) is 1.61. The number of hydrogen-bond acceptors (Lipinski definition) is 6. The van der Waals surface area contributed by atoms with Gasteiger partial charge in [0.15, 0.2) is 17.3 Å². The molecular formula is C16H14FN7O. The van der Waals surface area contributed by atoms with Crippen molar-refractivity contribution >= 4 is 5.65 Å². The van der Waals surface area contributed by atoms with Crippen LogP contribution in [0.15, 0.2) is 43.4 Å². The number of methoxy groups -OCH3 is 1. The molecule has 0 aliphatic heterocycles. The monoisotopic (exact) mass is 339 g/mol. The highest BCUT2D eigenvalue weighted by atomic mass is 19.1. The van der Waals surface area contributed by atoms with E-state index in [4.69, 9.17) is 4.74 Å². The second-order valence-corrected chi connectivity index (χ2v) is 5.38. The van der Waals surface area contributed by atoms with Gasteiger partial charge in [-0.15, -0.1) is 10.2 Å². The summed E-state index contributed by atoms with van der Waals surface area (Å²) in [5, 5.41) is 8.02. The Balaban J connectivity index is 1.77. The van der Waals surface area contributed by atoms with Gasteiger partial charge in [-0.3, -0.25) is 4.40 Å². The van der Waals surface area contributed by atoms with Crippen molar-refractivity contribution in [1.29, 1.82) is 0 Å². The zero-order valence-corrected chi connectivity index (χ0v) is 13.4. The van der Waals surface area contributed by atoms with E-state index in [2.05, 4.69) is 25.1 Å². The van der Waals surface area contributed by atoms with E-state index in [1.165, 1.54) is 12.3 Å². The highest BCUT2D eigenvalue weighted by Crippen LogP contribution is 2.21. The molecule has 0 amide bonds. The third-order valence-corrected chi connectivity index (χ3v) is 3.82. The van der Waals surface area contributed by atoms with E-state index in [1.807, 2.05) is 0 Å². The van der Waals surface area contributed by atoms with Gasteiger partial charge in [0.25, 0.3) is 0 Å². The highest BCUT2D eigenvalue weighted by Gasteiger charge is 2.16. The van der Waals surface area contributed by atoms with Crippen LogP contribution in [0.5, 0.6) is 0 Å². The van der Waals surface area contributed by atoms with Gasteiger partial charge < -0.3 is 9.30 Å². The van der Waals surface area contributed by atoms with Crippen LogP contribution in [0.1, 0.15) is 11.3 Å². The molecule has 4 aromatic heterocycles. The number of nitrogens with zero attached hydrogens (tertiary/aromatic N) is 7. The molecule has 0 saturated heterocycles. The molecule has 0 atom stereocenters. The van der Waals surface area contributed by atoms with Crippen LogP contribution in [-0.4, -0.2) is 41.2 Å². The molecular weight excluding hydrogens is 325 g/mol. The topological polar surface area (TPSA) is 83.0 Å². The lowest BCUT2D eigenvalue weighted by Crippen LogP contribution is -2.10. The van der Waals surface area contributed by atoms with Gasteiger partial charge in [-0.2, -0.15) is 0 Å². The van der Waals surface area contributed by atoms with Gasteiger partial charge in [-0.25, -0.2) is 19.3 Å². The fourth-order valence-corrected chi connectivity index (χ4v) is 2.68. The van der Waals surface area contributed by atoms with Crippen LogP contribution in [-0.2, 0) is 17.9 Å². The average Bonchev–Trinajstić information content (AvgIpc) is 3.27. The number of halogens is 1. The van der Waals surface area contributed by atoms with Crippen LogP contribution in [0.25, 0.3) is 17.2 Å². The molecule has 0 aliphatic rings. The zero-order valence-electron chi connectivity index (χ0n) is 13.4. The molecule has 126 valence electrons. The standard InChI is InChI=1S/C16H14FN7O/c1-25-8-11-13(20-9-24-10-21-22-15(11)24)7-23-6-5-19-16(23)14-12(17)3-2-4-18-14/h2-6,9-10H,7-8H2,1H3. The molecule has 4 rings (SSSR count). The molecule has 0 spiro atoms. The normalized spacial score (nSPS) is 11.3. The van der Waals surface area contributed by atoms with E-state index in [-0.39, 0.29) is 5.69 Å². The molecule has 9 heteroatoms. The zero-order chi connectivity index (χ0) is 17.2.